The molecule has 0 amide bonds. The summed E-state index contributed by atoms with van der Waals surface area (Å²) in [6.45, 7) is 0. The monoisotopic (exact) mass is 945 g/mol. The van der Waals surface area contributed by atoms with E-state index >= 15 is 0 Å². The van der Waals surface area contributed by atoms with Crippen molar-refractivity contribution in [2.24, 2.45) is 0 Å². The Morgan fingerprint density at radius 2 is 0.811 bits per heavy atom. The Bertz CT molecular complexity index is 4950. The molecule has 0 saturated carbocycles. The highest BCUT2D eigenvalue weighted by Gasteiger charge is 2.25. The zero-order valence-corrected chi connectivity index (χ0v) is 39.2. The summed E-state index contributed by atoms with van der Waals surface area (Å²) in [4.78, 5) is 15.7. The van der Waals surface area contributed by atoms with Crippen LogP contribution in [0.3, 0.4) is 0 Å². The van der Waals surface area contributed by atoms with Gasteiger partial charge in [0.05, 0.1) is 61.4 Å². The van der Waals surface area contributed by atoms with E-state index in [2.05, 4.69) is 106 Å². The second kappa shape index (κ2) is 16.0. The molecule has 0 aliphatic rings. The molecule has 0 aliphatic heterocycles. The van der Waals surface area contributed by atoms with Gasteiger partial charge in [0, 0.05) is 60.1 Å². The van der Waals surface area contributed by atoms with E-state index in [0.29, 0.717) is 39.9 Å². The van der Waals surface area contributed by atoms with Crippen LogP contribution in [-0.4, -0.2) is 24.1 Å². The van der Waals surface area contributed by atoms with Crippen LogP contribution in [0.25, 0.3) is 144 Å². The SMILES string of the molecule is N#Cc1ccccc1-c1ccc(-c2nc(-c3ccccc3)nc(-c3ccc(C#N)c(-n4c5ccccc5c5c6oc7ccccc7c6ccc54)c3)n2)cc1-n1c2ccccc2c2c3oc4ccccc4c3ccc21. The normalized spacial score (nSPS) is 11.8. The van der Waals surface area contributed by atoms with E-state index in [0.717, 1.165) is 115 Å². The molecule has 15 rings (SSSR count). The summed E-state index contributed by atoms with van der Waals surface area (Å²) in [5, 5.41) is 29.5. The maximum Gasteiger partial charge on any atom is 0.164 e. The fourth-order valence-corrected chi connectivity index (χ4v) is 11.2. The van der Waals surface area contributed by atoms with Gasteiger partial charge in [-0.2, -0.15) is 10.5 Å². The van der Waals surface area contributed by atoms with Gasteiger partial charge in [0.2, 0.25) is 0 Å². The summed E-state index contributed by atoms with van der Waals surface area (Å²) in [5.41, 5.74) is 13.5. The van der Waals surface area contributed by atoms with Crippen LogP contribution in [0.2, 0.25) is 0 Å². The van der Waals surface area contributed by atoms with Gasteiger partial charge in [0.25, 0.3) is 0 Å². The molecule has 10 aromatic carbocycles. The molecule has 5 heterocycles. The molecule has 9 heteroatoms. The lowest BCUT2D eigenvalue weighted by Crippen LogP contribution is -2.03. The number of hydrogen-bond acceptors (Lipinski definition) is 7. The highest BCUT2D eigenvalue weighted by Crippen LogP contribution is 2.45. The van der Waals surface area contributed by atoms with Gasteiger partial charge in [0.1, 0.15) is 28.4 Å². The first-order chi connectivity index (χ1) is 36.6. The van der Waals surface area contributed by atoms with Gasteiger partial charge in [-0.15, -0.1) is 0 Å². The van der Waals surface area contributed by atoms with Gasteiger partial charge in [-0.1, -0.05) is 133 Å². The van der Waals surface area contributed by atoms with Crippen LogP contribution in [0.1, 0.15) is 11.1 Å². The summed E-state index contributed by atoms with van der Waals surface area (Å²) in [6.07, 6.45) is 0. The Morgan fingerprint density at radius 3 is 1.41 bits per heavy atom. The molecule has 0 aliphatic carbocycles. The van der Waals surface area contributed by atoms with Crippen molar-refractivity contribution in [3.63, 3.8) is 0 Å². The Hall–Kier alpha value is -10.6. The van der Waals surface area contributed by atoms with Crippen molar-refractivity contribution in [3.8, 4) is 68.8 Å². The van der Waals surface area contributed by atoms with Crippen LogP contribution in [-0.2, 0) is 0 Å². The second-order valence-electron chi connectivity index (χ2n) is 18.5. The number of hydrogen-bond donors (Lipinski definition) is 0. The van der Waals surface area contributed by atoms with Gasteiger partial charge in [-0.05, 0) is 78.9 Å². The third-order valence-corrected chi connectivity index (χ3v) is 14.5. The first kappa shape index (κ1) is 41.2. The highest BCUT2D eigenvalue weighted by atomic mass is 16.3. The van der Waals surface area contributed by atoms with Crippen LogP contribution in [0.5, 0.6) is 0 Å². The van der Waals surface area contributed by atoms with Crippen molar-refractivity contribution >= 4 is 87.5 Å². The van der Waals surface area contributed by atoms with Crippen molar-refractivity contribution in [2.45, 2.75) is 0 Å². The van der Waals surface area contributed by atoms with E-state index < -0.39 is 0 Å². The molecule has 342 valence electrons. The number of nitriles is 2. The summed E-state index contributed by atoms with van der Waals surface area (Å²) in [5.74, 6) is 1.38. The van der Waals surface area contributed by atoms with Crippen molar-refractivity contribution in [2.75, 3.05) is 0 Å². The minimum atomic E-state index is 0.435. The van der Waals surface area contributed by atoms with Crippen molar-refractivity contribution in [1.29, 1.82) is 10.5 Å². The average molecular weight is 946 g/mol. The lowest BCUT2D eigenvalue weighted by Gasteiger charge is -2.17. The molecule has 9 nitrogen and oxygen atoms in total. The molecular formula is C65H35N7O2. The lowest BCUT2D eigenvalue weighted by molar-refractivity contribution is 0.672. The zero-order valence-electron chi connectivity index (χ0n) is 39.2. The van der Waals surface area contributed by atoms with E-state index in [-0.39, 0.29) is 0 Å². The van der Waals surface area contributed by atoms with Gasteiger partial charge in [-0.25, -0.2) is 15.0 Å². The van der Waals surface area contributed by atoms with Gasteiger partial charge in [0.15, 0.2) is 17.5 Å². The molecule has 0 fully saturated rings. The van der Waals surface area contributed by atoms with Crippen molar-refractivity contribution < 1.29 is 8.83 Å². The zero-order chi connectivity index (χ0) is 49.0. The van der Waals surface area contributed by atoms with Gasteiger partial charge >= 0.3 is 0 Å². The molecule has 0 unspecified atom stereocenters. The fourth-order valence-electron chi connectivity index (χ4n) is 11.2. The maximum absolute atomic E-state index is 10.8. The minimum Gasteiger partial charge on any atom is -0.455 e. The van der Waals surface area contributed by atoms with Crippen LogP contribution in [0.15, 0.2) is 221 Å². The summed E-state index contributed by atoms with van der Waals surface area (Å²) < 4.78 is 17.7. The van der Waals surface area contributed by atoms with Crippen molar-refractivity contribution in [1.82, 2.24) is 24.1 Å². The van der Waals surface area contributed by atoms with Crippen LogP contribution in [0.4, 0.5) is 0 Å². The number of furan rings is 2. The number of rotatable bonds is 6. The van der Waals surface area contributed by atoms with Gasteiger partial charge < -0.3 is 18.0 Å². The Labute approximate surface area is 421 Å². The van der Waals surface area contributed by atoms with E-state index in [1.54, 1.807) is 0 Å². The van der Waals surface area contributed by atoms with E-state index in [1.165, 1.54) is 0 Å². The molecule has 0 saturated heterocycles. The largest absolute Gasteiger partial charge is 0.455 e. The molecule has 74 heavy (non-hydrogen) atoms. The smallest absolute Gasteiger partial charge is 0.164 e. The number of benzene rings is 10. The number of nitrogens with zero attached hydrogens (tertiary/aromatic N) is 7. The molecule has 0 atom stereocenters. The predicted molar refractivity (Wildman–Crippen MR) is 294 cm³/mol. The average Bonchev–Trinajstić information content (AvgIpc) is 4.23. The van der Waals surface area contributed by atoms with E-state index in [4.69, 9.17) is 23.8 Å². The quantitative estimate of drug-likeness (QED) is 0.163. The number of para-hydroxylation sites is 4. The van der Waals surface area contributed by atoms with Crippen molar-refractivity contribution in [3.05, 3.63) is 223 Å². The molecule has 0 radical (unpaired) electrons. The molecule has 0 spiro atoms. The first-order valence-corrected chi connectivity index (χ1v) is 24.3. The third-order valence-electron chi connectivity index (χ3n) is 14.5. The fraction of sp³-hybridized carbons (Fsp3) is 0. The number of fused-ring (bicyclic) bond motifs is 14. The number of aromatic nitrogens is 5. The Morgan fingerprint density at radius 1 is 0.338 bits per heavy atom. The summed E-state index contributed by atoms with van der Waals surface area (Å²) in [7, 11) is 0. The Balaban J connectivity index is 0.970. The Kier molecular flexibility index (Phi) is 8.88. The second-order valence-corrected chi connectivity index (χ2v) is 18.5. The standard InChI is InChI=1S/C65H35N7O2/c66-36-41-16-4-5-17-43(41)44-29-28-40(35-56(44)72-52-23-11-7-21-50(52)60-54(72)33-31-48-46-19-9-13-25-58(46)74-62(48)60)65-69-63(38-14-2-1-3-15-38)68-64(70-65)39-26-27-42(37-67)55(34-39)71-51-22-10-6-20-49(51)59-53(71)32-30-47-45-18-8-12-24-57(45)73-61(47)59/h1-35H. The van der Waals surface area contributed by atoms with Crippen LogP contribution in [0, 0.1) is 22.7 Å². The van der Waals surface area contributed by atoms with E-state index in [1.807, 2.05) is 127 Å². The topological polar surface area (TPSA) is 122 Å². The van der Waals surface area contributed by atoms with Gasteiger partial charge in [-0.3, -0.25) is 0 Å². The molecular weight excluding hydrogens is 911 g/mol. The molecule has 5 aromatic heterocycles. The maximum atomic E-state index is 10.8. The molecule has 0 N–H and O–H groups in total. The third kappa shape index (κ3) is 6.05. The minimum absolute atomic E-state index is 0.435. The highest BCUT2D eigenvalue weighted by molar-refractivity contribution is 6.25. The van der Waals surface area contributed by atoms with Crippen LogP contribution >= 0.6 is 0 Å². The van der Waals surface area contributed by atoms with E-state index in [9.17, 15) is 10.5 Å². The van der Waals surface area contributed by atoms with Crippen LogP contribution < -0.4 is 0 Å². The predicted octanol–water partition coefficient (Wildman–Crippen LogP) is 16.3. The lowest BCUT2D eigenvalue weighted by atomic mass is 9.96. The summed E-state index contributed by atoms with van der Waals surface area (Å²) >= 11 is 0. The summed E-state index contributed by atoms with van der Waals surface area (Å²) in [6, 6.07) is 75.9. The molecule has 15 aromatic rings. The first-order valence-electron chi connectivity index (χ1n) is 24.3. The molecule has 0 bridgehead atoms.